The topological polar surface area (TPSA) is 24.9 Å². The summed E-state index contributed by atoms with van der Waals surface area (Å²) in [4.78, 5) is 4.63. The number of benzene rings is 2. The van der Waals surface area contributed by atoms with Crippen molar-refractivity contribution in [3.05, 3.63) is 63.9 Å². The van der Waals surface area contributed by atoms with Crippen LogP contribution in [-0.2, 0) is 6.42 Å². The van der Waals surface area contributed by atoms with Gasteiger partial charge >= 0.3 is 0 Å². The molecule has 2 nitrogen and oxygen atoms in total. The summed E-state index contributed by atoms with van der Waals surface area (Å²) < 4.78 is 15.1. The van der Waals surface area contributed by atoms with E-state index in [2.05, 4.69) is 10.3 Å². The maximum atomic E-state index is 13.9. The van der Waals surface area contributed by atoms with Crippen LogP contribution >= 0.6 is 22.9 Å². The van der Waals surface area contributed by atoms with Gasteiger partial charge in [0.15, 0.2) is 0 Å². The predicted octanol–water partition coefficient (Wildman–Crippen LogP) is 4.59. The van der Waals surface area contributed by atoms with Crippen molar-refractivity contribution in [1.82, 2.24) is 10.3 Å². The van der Waals surface area contributed by atoms with Crippen LogP contribution < -0.4 is 5.32 Å². The quantitative estimate of drug-likeness (QED) is 0.760. The molecule has 1 heterocycles. The van der Waals surface area contributed by atoms with E-state index >= 15 is 0 Å². The summed E-state index contributed by atoms with van der Waals surface area (Å²) in [5, 5.41) is 4.60. The largest absolute Gasteiger partial charge is 0.311 e. The summed E-state index contributed by atoms with van der Waals surface area (Å²) in [5.74, 6) is -0.274. The van der Waals surface area contributed by atoms with E-state index in [0.717, 1.165) is 15.2 Å². The van der Waals surface area contributed by atoms with Gasteiger partial charge in [-0.15, -0.1) is 11.3 Å². The second-order valence-electron chi connectivity index (χ2n) is 4.77. The first-order valence-corrected chi connectivity index (χ1v) is 7.84. The maximum absolute atomic E-state index is 13.9. The number of aromatic nitrogens is 1. The van der Waals surface area contributed by atoms with Gasteiger partial charge in [0, 0.05) is 10.6 Å². The van der Waals surface area contributed by atoms with Crippen molar-refractivity contribution in [2.75, 3.05) is 7.05 Å². The van der Waals surface area contributed by atoms with Crippen molar-refractivity contribution in [2.24, 2.45) is 0 Å². The van der Waals surface area contributed by atoms with E-state index in [1.54, 1.807) is 23.5 Å². The Balaban J connectivity index is 1.95. The van der Waals surface area contributed by atoms with Gasteiger partial charge in [0.1, 0.15) is 10.8 Å². The molecule has 0 aliphatic heterocycles. The van der Waals surface area contributed by atoms with E-state index in [0.29, 0.717) is 17.0 Å². The number of thiazole rings is 1. The molecule has 0 fully saturated rings. The fourth-order valence-electron chi connectivity index (χ4n) is 2.28. The molecule has 0 radical (unpaired) electrons. The highest BCUT2D eigenvalue weighted by Gasteiger charge is 2.18. The lowest BCUT2D eigenvalue weighted by atomic mass is 10.1. The number of rotatable bonds is 4. The smallest absolute Gasteiger partial charge is 0.127 e. The second-order valence-corrected chi connectivity index (χ2v) is 6.23. The predicted molar refractivity (Wildman–Crippen MR) is 86.5 cm³/mol. The Morgan fingerprint density at radius 2 is 2.05 bits per heavy atom. The van der Waals surface area contributed by atoms with Crippen molar-refractivity contribution in [3.63, 3.8) is 0 Å². The molecule has 3 rings (SSSR count). The Hall–Kier alpha value is -1.49. The molecule has 1 N–H and O–H groups in total. The first-order valence-electron chi connectivity index (χ1n) is 6.64. The Morgan fingerprint density at radius 3 is 2.76 bits per heavy atom. The standard InChI is InChI=1S/C16H14ClFN2S/c1-19-14(9-10-11(17)5-4-6-12(10)18)16-20-13-7-2-3-8-15(13)21-16/h2-8,14,19H,9H2,1H3. The van der Waals surface area contributed by atoms with Crippen molar-refractivity contribution in [3.8, 4) is 0 Å². The highest BCUT2D eigenvalue weighted by molar-refractivity contribution is 7.18. The van der Waals surface area contributed by atoms with E-state index in [9.17, 15) is 4.39 Å². The van der Waals surface area contributed by atoms with Crippen LogP contribution in [0.3, 0.4) is 0 Å². The van der Waals surface area contributed by atoms with Crippen LogP contribution in [0.1, 0.15) is 16.6 Å². The van der Waals surface area contributed by atoms with Crippen molar-refractivity contribution >= 4 is 33.2 Å². The monoisotopic (exact) mass is 320 g/mol. The van der Waals surface area contributed by atoms with Crippen molar-refractivity contribution in [1.29, 1.82) is 0 Å². The summed E-state index contributed by atoms with van der Waals surface area (Å²) in [6.45, 7) is 0. The molecule has 0 spiro atoms. The van der Waals surface area contributed by atoms with E-state index < -0.39 is 0 Å². The molecule has 0 amide bonds. The van der Waals surface area contributed by atoms with Crippen LogP contribution in [0.4, 0.5) is 4.39 Å². The van der Waals surface area contributed by atoms with E-state index in [1.807, 2.05) is 31.3 Å². The third-order valence-corrected chi connectivity index (χ3v) is 4.93. The molecule has 0 bridgehead atoms. The SMILES string of the molecule is CNC(Cc1c(F)cccc1Cl)c1nc2ccccc2s1. The molecule has 3 aromatic rings. The zero-order chi connectivity index (χ0) is 14.8. The average Bonchev–Trinajstić information content (AvgIpc) is 2.90. The number of para-hydroxylation sites is 1. The van der Waals surface area contributed by atoms with Gasteiger partial charge in [-0.1, -0.05) is 29.8 Å². The van der Waals surface area contributed by atoms with Gasteiger partial charge in [-0.05, 0) is 37.7 Å². The van der Waals surface area contributed by atoms with Crippen LogP contribution in [0, 0.1) is 5.82 Å². The lowest BCUT2D eigenvalue weighted by Gasteiger charge is -2.15. The van der Waals surface area contributed by atoms with E-state index in [4.69, 9.17) is 11.6 Å². The average molecular weight is 321 g/mol. The van der Waals surface area contributed by atoms with Crippen LogP contribution in [0.2, 0.25) is 5.02 Å². The molecule has 1 atom stereocenters. The van der Waals surface area contributed by atoms with Gasteiger partial charge in [-0.2, -0.15) is 0 Å². The molecule has 0 aliphatic carbocycles. The third-order valence-electron chi connectivity index (χ3n) is 3.43. The summed E-state index contributed by atoms with van der Waals surface area (Å²) in [6, 6.07) is 12.7. The minimum Gasteiger partial charge on any atom is -0.311 e. The molecule has 0 saturated heterocycles. The minimum absolute atomic E-state index is 0.0585. The third kappa shape index (κ3) is 2.93. The maximum Gasteiger partial charge on any atom is 0.127 e. The first kappa shape index (κ1) is 14.4. The summed E-state index contributed by atoms with van der Waals surface area (Å²) in [7, 11) is 1.85. The van der Waals surface area contributed by atoms with Crippen LogP contribution in [0.15, 0.2) is 42.5 Å². The Kier molecular flexibility index (Phi) is 4.19. The van der Waals surface area contributed by atoms with Gasteiger partial charge in [0.2, 0.25) is 0 Å². The lowest BCUT2D eigenvalue weighted by molar-refractivity contribution is 0.553. The number of fused-ring (bicyclic) bond motifs is 1. The fourth-order valence-corrected chi connectivity index (χ4v) is 3.60. The van der Waals surface area contributed by atoms with Gasteiger partial charge in [0.05, 0.1) is 16.3 Å². The molecule has 2 aromatic carbocycles. The Labute approximate surface area is 131 Å². The molecule has 21 heavy (non-hydrogen) atoms. The van der Waals surface area contributed by atoms with Gasteiger partial charge in [-0.3, -0.25) is 0 Å². The lowest BCUT2D eigenvalue weighted by Crippen LogP contribution is -2.19. The molecular formula is C16H14ClFN2S. The Bertz CT molecular complexity index is 719. The molecule has 1 unspecified atom stereocenters. The van der Waals surface area contributed by atoms with Crippen molar-refractivity contribution < 1.29 is 4.39 Å². The number of nitrogens with one attached hydrogen (secondary N) is 1. The van der Waals surface area contributed by atoms with Crippen LogP contribution in [0.5, 0.6) is 0 Å². The number of hydrogen-bond donors (Lipinski definition) is 1. The highest BCUT2D eigenvalue weighted by Crippen LogP contribution is 2.30. The first-order chi connectivity index (χ1) is 10.2. The zero-order valence-corrected chi connectivity index (χ0v) is 13.0. The number of nitrogens with zero attached hydrogens (tertiary/aromatic N) is 1. The van der Waals surface area contributed by atoms with Gasteiger partial charge in [-0.25, -0.2) is 9.37 Å². The molecular weight excluding hydrogens is 307 g/mol. The zero-order valence-electron chi connectivity index (χ0n) is 11.4. The molecule has 0 saturated carbocycles. The highest BCUT2D eigenvalue weighted by atomic mass is 35.5. The number of hydrogen-bond acceptors (Lipinski definition) is 3. The van der Waals surface area contributed by atoms with Crippen molar-refractivity contribution in [2.45, 2.75) is 12.5 Å². The molecule has 0 aliphatic rings. The number of likely N-dealkylation sites (N-methyl/N-ethyl adjacent to an activating group) is 1. The van der Waals surface area contributed by atoms with E-state index in [1.165, 1.54) is 6.07 Å². The van der Waals surface area contributed by atoms with Crippen LogP contribution in [0.25, 0.3) is 10.2 Å². The second kappa shape index (κ2) is 6.10. The normalized spacial score (nSPS) is 12.7. The molecule has 1 aromatic heterocycles. The minimum atomic E-state index is -0.274. The Morgan fingerprint density at radius 1 is 1.24 bits per heavy atom. The fraction of sp³-hybridized carbons (Fsp3) is 0.188. The summed E-state index contributed by atoms with van der Waals surface area (Å²) >= 11 is 7.73. The van der Waals surface area contributed by atoms with E-state index in [-0.39, 0.29) is 11.9 Å². The summed E-state index contributed by atoms with van der Waals surface area (Å²) in [6.07, 6.45) is 0.474. The molecule has 5 heteroatoms. The van der Waals surface area contributed by atoms with Crippen LogP contribution in [-0.4, -0.2) is 12.0 Å². The number of halogens is 2. The molecule has 108 valence electrons. The van der Waals surface area contributed by atoms with Gasteiger partial charge < -0.3 is 5.32 Å². The van der Waals surface area contributed by atoms with Gasteiger partial charge in [0.25, 0.3) is 0 Å². The summed E-state index contributed by atoms with van der Waals surface area (Å²) in [5.41, 5.74) is 1.50.